The van der Waals surface area contributed by atoms with Crippen LogP contribution in [0.3, 0.4) is 0 Å². The minimum atomic E-state index is -0.473. The zero-order valence-electron chi connectivity index (χ0n) is 19.1. The van der Waals surface area contributed by atoms with Crippen molar-refractivity contribution in [3.63, 3.8) is 0 Å². The predicted octanol–water partition coefficient (Wildman–Crippen LogP) is 4.88. The molecule has 0 aliphatic carbocycles. The summed E-state index contributed by atoms with van der Waals surface area (Å²) < 4.78 is 0. The van der Waals surface area contributed by atoms with Gasteiger partial charge in [-0.2, -0.15) is 0 Å². The van der Waals surface area contributed by atoms with E-state index in [1.165, 1.54) is 12.1 Å². The summed E-state index contributed by atoms with van der Waals surface area (Å²) in [5.74, 6) is -0.338. The SMILES string of the molecule is NCc1ccc(C(Nc2ccc(C=Cc3c[nH]cn3)cc2)=C2C(=O)Nc3ccc([N+](=O)[O-])cc32)cc1. The number of H-pyrrole nitrogens is 1. The summed E-state index contributed by atoms with van der Waals surface area (Å²) in [6.07, 6.45) is 7.27. The zero-order chi connectivity index (χ0) is 25.1. The predicted molar refractivity (Wildman–Crippen MR) is 140 cm³/mol. The number of fused-ring (bicyclic) bond motifs is 1. The highest BCUT2D eigenvalue weighted by Crippen LogP contribution is 2.39. The fraction of sp³-hybridized carbons (Fsp3) is 0.0370. The Morgan fingerprint density at radius 1 is 1.06 bits per heavy atom. The Hall–Kier alpha value is -5.02. The number of rotatable bonds is 7. The van der Waals surface area contributed by atoms with Gasteiger partial charge in [-0.05, 0) is 41.0 Å². The maximum Gasteiger partial charge on any atom is 0.270 e. The number of carbonyl (C=O) groups excluding carboxylic acids is 1. The largest absolute Gasteiger partial charge is 0.354 e. The molecular formula is C27H22N6O3. The molecule has 0 saturated carbocycles. The number of hydrogen-bond donors (Lipinski definition) is 4. The number of nitrogens with one attached hydrogen (secondary N) is 3. The summed E-state index contributed by atoms with van der Waals surface area (Å²) >= 11 is 0. The summed E-state index contributed by atoms with van der Waals surface area (Å²) in [4.78, 5) is 31.1. The van der Waals surface area contributed by atoms with Crippen LogP contribution < -0.4 is 16.4 Å². The van der Waals surface area contributed by atoms with Crippen LogP contribution in [0.1, 0.15) is 27.9 Å². The zero-order valence-corrected chi connectivity index (χ0v) is 19.1. The highest BCUT2D eigenvalue weighted by molar-refractivity contribution is 6.37. The van der Waals surface area contributed by atoms with E-state index in [1.807, 2.05) is 60.7 Å². The minimum Gasteiger partial charge on any atom is -0.354 e. The normalized spacial score (nSPS) is 14.0. The second-order valence-electron chi connectivity index (χ2n) is 8.17. The molecule has 0 bridgehead atoms. The lowest BCUT2D eigenvalue weighted by molar-refractivity contribution is -0.384. The monoisotopic (exact) mass is 478 g/mol. The van der Waals surface area contributed by atoms with E-state index in [-0.39, 0.29) is 11.6 Å². The summed E-state index contributed by atoms with van der Waals surface area (Å²) in [5, 5.41) is 17.6. The van der Waals surface area contributed by atoms with Crippen LogP contribution in [0.2, 0.25) is 0 Å². The van der Waals surface area contributed by atoms with Crippen molar-refractivity contribution in [2.45, 2.75) is 6.54 Å². The van der Waals surface area contributed by atoms with Gasteiger partial charge in [0.25, 0.3) is 11.6 Å². The van der Waals surface area contributed by atoms with Gasteiger partial charge in [-0.1, -0.05) is 42.5 Å². The lowest BCUT2D eigenvalue weighted by Crippen LogP contribution is -2.10. The van der Waals surface area contributed by atoms with Gasteiger partial charge in [0.05, 0.1) is 28.2 Å². The lowest BCUT2D eigenvalue weighted by atomic mass is 9.98. The molecule has 0 atom stereocenters. The molecule has 1 aromatic heterocycles. The molecule has 9 heteroatoms. The fourth-order valence-corrected chi connectivity index (χ4v) is 3.97. The summed E-state index contributed by atoms with van der Waals surface area (Å²) in [7, 11) is 0. The second kappa shape index (κ2) is 9.69. The molecule has 0 spiro atoms. The molecule has 5 N–H and O–H groups in total. The molecule has 2 heterocycles. The molecular weight excluding hydrogens is 456 g/mol. The Morgan fingerprint density at radius 2 is 1.83 bits per heavy atom. The maximum absolute atomic E-state index is 13.1. The highest BCUT2D eigenvalue weighted by Gasteiger charge is 2.30. The van der Waals surface area contributed by atoms with E-state index in [4.69, 9.17) is 5.73 Å². The summed E-state index contributed by atoms with van der Waals surface area (Å²) in [6, 6.07) is 19.6. The van der Waals surface area contributed by atoms with Crippen LogP contribution in [0, 0.1) is 10.1 Å². The number of nitrogens with two attached hydrogens (primary N) is 1. The van der Waals surface area contributed by atoms with E-state index < -0.39 is 4.92 Å². The van der Waals surface area contributed by atoms with E-state index >= 15 is 0 Å². The number of imidazole rings is 1. The quantitative estimate of drug-likeness (QED) is 0.170. The van der Waals surface area contributed by atoms with Crippen LogP contribution in [0.5, 0.6) is 0 Å². The van der Waals surface area contributed by atoms with Crippen molar-refractivity contribution in [2.75, 3.05) is 10.6 Å². The fourth-order valence-electron chi connectivity index (χ4n) is 3.97. The van der Waals surface area contributed by atoms with Gasteiger partial charge in [-0.15, -0.1) is 0 Å². The molecule has 0 saturated heterocycles. The molecule has 178 valence electrons. The molecule has 3 aromatic carbocycles. The van der Waals surface area contributed by atoms with Gasteiger partial charge in [0.1, 0.15) is 0 Å². The molecule has 0 unspecified atom stereocenters. The Bertz CT molecular complexity index is 1490. The van der Waals surface area contributed by atoms with E-state index in [0.717, 1.165) is 28.1 Å². The molecule has 1 aliphatic rings. The van der Waals surface area contributed by atoms with Gasteiger partial charge in [-0.3, -0.25) is 14.9 Å². The molecule has 36 heavy (non-hydrogen) atoms. The first-order valence-corrected chi connectivity index (χ1v) is 11.2. The average Bonchev–Trinajstić information content (AvgIpc) is 3.53. The summed E-state index contributed by atoms with van der Waals surface area (Å²) in [6.45, 7) is 0.391. The molecule has 1 amide bonds. The molecule has 0 fully saturated rings. The number of amides is 1. The average molecular weight is 479 g/mol. The number of aromatic amines is 1. The molecule has 0 radical (unpaired) electrons. The number of non-ortho nitro benzene ring substituents is 1. The maximum atomic E-state index is 13.1. The van der Waals surface area contributed by atoms with Crippen LogP contribution in [-0.2, 0) is 11.3 Å². The highest BCUT2D eigenvalue weighted by atomic mass is 16.6. The number of benzene rings is 3. The first-order chi connectivity index (χ1) is 17.5. The third-order valence-electron chi connectivity index (χ3n) is 5.83. The van der Waals surface area contributed by atoms with Crippen LogP contribution in [0.4, 0.5) is 17.1 Å². The standard InChI is InChI=1S/C27H22N6O3/c28-14-18-1-6-19(7-2-18)26(25-23-13-22(33(35)36)11-12-24(23)32-27(25)34)31-20-8-3-17(4-9-20)5-10-21-15-29-16-30-21/h1-13,15-16,31H,14,28H2,(H,29,30)(H,32,34). The Kier molecular flexibility index (Phi) is 6.12. The number of aromatic nitrogens is 2. The van der Waals surface area contributed by atoms with Crippen LogP contribution in [0.25, 0.3) is 23.4 Å². The molecule has 9 nitrogen and oxygen atoms in total. The van der Waals surface area contributed by atoms with Crippen molar-refractivity contribution in [3.05, 3.63) is 117 Å². The molecule has 1 aliphatic heterocycles. The van der Waals surface area contributed by atoms with Crippen molar-refractivity contribution in [1.82, 2.24) is 9.97 Å². The van der Waals surface area contributed by atoms with Crippen molar-refractivity contribution in [3.8, 4) is 0 Å². The van der Waals surface area contributed by atoms with Crippen molar-refractivity contribution in [1.29, 1.82) is 0 Å². The van der Waals surface area contributed by atoms with Crippen molar-refractivity contribution >= 4 is 46.4 Å². The van der Waals surface area contributed by atoms with Crippen molar-refractivity contribution < 1.29 is 9.72 Å². The van der Waals surface area contributed by atoms with E-state index in [0.29, 0.717) is 29.1 Å². The van der Waals surface area contributed by atoms with Crippen LogP contribution in [0.15, 0.2) is 79.3 Å². The number of nitro benzene ring substituents is 1. The van der Waals surface area contributed by atoms with E-state index in [9.17, 15) is 14.9 Å². The van der Waals surface area contributed by atoms with Gasteiger partial charge in [0.15, 0.2) is 0 Å². The number of nitro groups is 1. The summed E-state index contributed by atoms with van der Waals surface area (Å²) in [5.41, 5.74) is 11.8. The lowest BCUT2D eigenvalue weighted by Gasteiger charge is -2.15. The van der Waals surface area contributed by atoms with E-state index in [1.54, 1.807) is 18.6 Å². The minimum absolute atomic E-state index is 0.0892. The second-order valence-corrected chi connectivity index (χ2v) is 8.17. The third kappa shape index (κ3) is 4.63. The molecule has 4 aromatic rings. The number of anilines is 2. The van der Waals surface area contributed by atoms with Gasteiger partial charge in [-0.25, -0.2) is 4.98 Å². The van der Waals surface area contributed by atoms with Gasteiger partial charge < -0.3 is 21.4 Å². The number of nitrogens with zero attached hydrogens (tertiary/aromatic N) is 2. The Morgan fingerprint density at radius 3 is 2.50 bits per heavy atom. The third-order valence-corrected chi connectivity index (χ3v) is 5.83. The smallest absolute Gasteiger partial charge is 0.270 e. The number of carbonyl (C=O) groups is 1. The van der Waals surface area contributed by atoms with Crippen LogP contribution >= 0.6 is 0 Å². The van der Waals surface area contributed by atoms with Crippen LogP contribution in [-0.4, -0.2) is 20.8 Å². The Labute approximate surface area is 206 Å². The Balaban J connectivity index is 1.55. The van der Waals surface area contributed by atoms with Crippen molar-refractivity contribution in [2.24, 2.45) is 5.73 Å². The van der Waals surface area contributed by atoms with E-state index in [2.05, 4.69) is 20.6 Å². The molecule has 5 rings (SSSR count). The first kappa shape index (κ1) is 22.8. The van der Waals surface area contributed by atoms with Gasteiger partial charge >= 0.3 is 0 Å². The van der Waals surface area contributed by atoms with Gasteiger partial charge in [0.2, 0.25) is 0 Å². The number of hydrogen-bond acceptors (Lipinski definition) is 6. The van der Waals surface area contributed by atoms with Gasteiger partial charge in [0, 0.05) is 41.8 Å². The first-order valence-electron chi connectivity index (χ1n) is 11.2. The topological polar surface area (TPSA) is 139 Å².